The first kappa shape index (κ1) is 15.7. The van der Waals surface area contributed by atoms with Crippen LogP contribution in [0.2, 0.25) is 10.0 Å². The van der Waals surface area contributed by atoms with Gasteiger partial charge in [0.05, 0.1) is 16.6 Å². The topological polar surface area (TPSA) is 55.6 Å². The lowest BCUT2D eigenvalue weighted by Crippen LogP contribution is -2.36. The molecular weight excluding hydrogens is 365 g/mol. The number of aromatic nitrogens is 4. The van der Waals surface area contributed by atoms with Crippen LogP contribution in [0.15, 0.2) is 16.6 Å². The minimum absolute atomic E-state index is 0.0376. The Bertz CT molecular complexity index is 598. The largest absolute Gasteiger partial charge is 0.305 e. The molecule has 5 nitrogen and oxygen atoms in total. The zero-order chi connectivity index (χ0) is 14.9. The molecule has 0 aliphatic heterocycles. The van der Waals surface area contributed by atoms with Crippen LogP contribution in [0, 0.1) is 0 Å². The molecule has 0 saturated carbocycles. The van der Waals surface area contributed by atoms with Gasteiger partial charge >= 0.3 is 0 Å². The van der Waals surface area contributed by atoms with Gasteiger partial charge in [0.15, 0.2) is 5.82 Å². The summed E-state index contributed by atoms with van der Waals surface area (Å²) < 4.78 is 2.36. The molecule has 0 fully saturated rings. The van der Waals surface area contributed by atoms with Crippen molar-refractivity contribution >= 4 is 39.1 Å². The summed E-state index contributed by atoms with van der Waals surface area (Å²) in [7, 11) is 0. The maximum absolute atomic E-state index is 6.24. The summed E-state index contributed by atoms with van der Waals surface area (Å²) in [6, 6.07) is 3.51. The summed E-state index contributed by atoms with van der Waals surface area (Å²) in [5.41, 5.74) is 0.539. The Hall–Kier alpha value is -0.690. The van der Waals surface area contributed by atoms with E-state index < -0.39 is 0 Å². The van der Waals surface area contributed by atoms with Crippen LogP contribution in [-0.2, 0) is 6.54 Å². The highest BCUT2D eigenvalue weighted by molar-refractivity contribution is 9.10. The molecule has 2 rings (SSSR count). The minimum atomic E-state index is -0.0376. The monoisotopic (exact) mass is 377 g/mol. The second-order valence-electron chi connectivity index (χ2n) is 5.33. The molecule has 1 aromatic carbocycles. The number of hydrogen-bond donors (Lipinski definition) is 1. The first-order valence-corrected chi connectivity index (χ1v) is 7.50. The Balaban J connectivity index is 2.38. The van der Waals surface area contributed by atoms with Crippen molar-refractivity contribution < 1.29 is 0 Å². The number of nitrogens with one attached hydrogen (secondary N) is 1. The van der Waals surface area contributed by atoms with Crippen LogP contribution >= 0.6 is 39.1 Å². The lowest BCUT2D eigenvalue weighted by Gasteiger charge is -2.20. The van der Waals surface area contributed by atoms with Gasteiger partial charge < -0.3 is 5.32 Å². The Morgan fingerprint density at radius 3 is 2.40 bits per heavy atom. The van der Waals surface area contributed by atoms with E-state index >= 15 is 0 Å². The summed E-state index contributed by atoms with van der Waals surface area (Å²) in [5, 5.41) is 16.0. The molecule has 8 heteroatoms. The molecule has 1 N–H and O–H groups in total. The standard InChI is InChI=1S/C12H14BrCl2N5/c1-12(2,3)16-6-10-17-18-19-20(10)11-8(14)4-7(13)5-9(11)15/h4-5,16H,6H2,1-3H3. The Morgan fingerprint density at radius 2 is 1.85 bits per heavy atom. The Morgan fingerprint density at radius 1 is 1.25 bits per heavy atom. The van der Waals surface area contributed by atoms with Crippen molar-refractivity contribution in [1.29, 1.82) is 0 Å². The van der Waals surface area contributed by atoms with E-state index in [0.717, 1.165) is 4.47 Å². The van der Waals surface area contributed by atoms with Gasteiger partial charge in [0.25, 0.3) is 0 Å². The average Bonchev–Trinajstić information content (AvgIpc) is 2.72. The smallest absolute Gasteiger partial charge is 0.170 e. The quantitative estimate of drug-likeness (QED) is 0.886. The molecule has 0 aliphatic rings. The normalized spacial score (nSPS) is 11.9. The van der Waals surface area contributed by atoms with Gasteiger partial charge in [-0.3, -0.25) is 0 Å². The number of hydrogen-bond acceptors (Lipinski definition) is 4. The molecule has 0 radical (unpaired) electrons. The zero-order valence-electron chi connectivity index (χ0n) is 11.3. The van der Waals surface area contributed by atoms with Crippen LogP contribution in [0.5, 0.6) is 0 Å². The molecule has 2 aromatic rings. The van der Waals surface area contributed by atoms with Gasteiger partial charge in [0.1, 0.15) is 5.69 Å². The fourth-order valence-electron chi connectivity index (χ4n) is 1.57. The number of halogens is 3. The highest BCUT2D eigenvalue weighted by atomic mass is 79.9. The van der Waals surface area contributed by atoms with Gasteiger partial charge in [-0.2, -0.15) is 4.68 Å². The molecule has 0 bridgehead atoms. The average molecular weight is 379 g/mol. The third-order valence-electron chi connectivity index (χ3n) is 2.50. The van der Waals surface area contributed by atoms with Crippen LogP contribution in [0.3, 0.4) is 0 Å². The molecule has 1 aromatic heterocycles. The summed E-state index contributed by atoms with van der Waals surface area (Å²) in [5.74, 6) is 0.644. The Labute approximate surface area is 135 Å². The van der Waals surface area contributed by atoms with Crippen LogP contribution in [0.4, 0.5) is 0 Å². The van der Waals surface area contributed by atoms with E-state index in [4.69, 9.17) is 23.2 Å². The fourth-order valence-corrected chi connectivity index (χ4v) is 2.94. The van der Waals surface area contributed by atoms with E-state index in [0.29, 0.717) is 28.1 Å². The van der Waals surface area contributed by atoms with Crippen molar-refractivity contribution in [2.45, 2.75) is 32.9 Å². The molecule has 0 spiro atoms. The van der Waals surface area contributed by atoms with Crippen LogP contribution in [-0.4, -0.2) is 25.7 Å². The summed E-state index contributed by atoms with van der Waals surface area (Å²) in [6.45, 7) is 6.72. The summed E-state index contributed by atoms with van der Waals surface area (Å²) in [4.78, 5) is 0. The fraction of sp³-hybridized carbons (Fsp3) is 0.417. The summed E-state index contributed by atoms with van der Waals surface area (Å²) >= 11 is 15.8. The van der Waals surface area contributed by atoms with Gasteiger partial charge in [-0.1, -0.05) is 39.1 Å². The van der Waals surface area contributed by atoms with Gasteiger partial charge in [-0.15, -0.1) is 5.10 Å². The molecule has 0 saturated heterocycles. The molecule has 0 amide bonds. The molecule has 0 aliphatic carbocycles. The number of rotatable bonds is 3. The van der Waals surface area contributed by atoms with Crippen molar-refractivity contribution in [3.8, 4) is 5.69 Å². The number of nitrogens with zero attached hydrogens (tertiary/aromatic N) is 4. The molecule has 0 unspecified atom stereocenters. The maximum Gasteiger partial charge on any atom is 0.170 e. The molecule has 108 valence electrons. The van der Waals surface area contributed by atoms with Crippen LogP contribution in [0.25, 0.3) is 5.69 Å². The second-order valence-corrected chi connectivity index (χ2v) is 7.06. The van der Waals surface area contributed by atoms with Crippen molar-refractivity contribution in [2.24, 2.45) is 0 Å². The molecule has 1 heterocycles. The maximum atomic E-state index is 6.24. The lowest BCUT2D eigenvalue weighted by molar-refractivity contribution is 0.415. The van der Waals surface area contributed by atoms with Crippen molar-refractivity contribution in [2.75, 3.05) is 0 Å². The van der Waals surface area contributed by atoms with Crippen molar-refractivity contribution in [3.05, 3.63) is 32.5 Å². The van der Waals surface area contributed by atoms with Gasteiger partial charge in [-0.25, -0.2) is 0 Å². The minimum Gasteiger partial charge on any atom is -0.305 e. The zero-order valence-corrected chi connectivity index (χ0v) is 14.4. The van der Waals surface area contributed by atoms with E-state index in [2.05, 4.69) is 57.5 Å². The van der Waals surface area contributed by atoms with E-state index in [-0.39, 0.29) is 5.54 Å². The molecule has 0 atom stereocenters. The molecule has 20 heavy (non-hydrogen) atoms. The first-order chi connectivity index (χ1) is 9.28. The van der Waals surface area contributed by atoms with E-state index in [1.54, 1.807) is 16.8 Å². The van der Waals surface area contributed by atoms with E-state index in [1.807, 2.05) is 0 Å². The highest BCUT2D eigenvalue weighted by Crippen LogP contribution is 2.32. The number of benzene rings is 1. The van der Waals surface area contributed by atoms with Gasteiger partial charge in [0, 0.05) is 10.0 Å². The third-order valence-corrected chi connectivity index (χ3v) is 3.54. The predicted molar refractivity (Wildman–Crippen MR) is 83.5 cm³/mol. The predicted octanol–water partition coefficient (Wildman–Crippen LogP) is 3.62. The summed E-state index contributed by atoms with van der Waals surface area (Å²) in [6.07, 6.45) is 0. The van der Waals surface area contributed by atoms with Crippen molar-refractivity contribution in [1.82, 2.24) is 25.5 Å². The number of tetrazole rings is 1. The third kappa shape index (κ3) is 3.69. The van der Waals surface area contributed by atoms with E-state index in [9.17, 15) is 0 Å². The van der Waals surface area contributed by atoms with Gasteiger partial charge in [-0.05, 0) is 43.3 Å². The SMILES string of the molecule is CC(C)(C)NCc1nnnn1-c1c(Cl)cc(Br)cc1Cl. The van der Waals surface area contributed by atoms with Gasteiger partial charge in [0.2, 0.25) is 0 Å². The van der Waals surface area contributed by atoms with Crippen LogP contribution < -0.4 is 5.32 Å². The Kier molecular flexibility index (Phi) is 4.69. The van der Waals surface area contributed by atoms with Crippen molar-refractivity contribution in [3.63, 3.8) is 0 Å². The molecular formula is C12H14BrCl2N5. The lowest BCUT2D eigenvalue weighted by atomic mass is 10.1. The highest BCUT2D eigenvalue weighted by Gasteiger charge is 2.17. The second kappa shape index (κ2) is 5.97. The van der Waals surface area contributed by atoms with E-state index in [1.165, 1.54) is 0 Å². The van der Waals surface area contributed by atoms with Crippen LogP contribution in [0.1, 0.15) is 26.6 Å². The first-order valence-electron chi connectivity index (χ1n) is 5.95.